The molecule has 1 heterocycles. The van der Waals surface area contributed by atoms with E-state index in [0.29, 0.717) is 5.02 Å². The number of rotatable bonds is 5. The van der Waals surface area contributed by atoms with Gasteiger partial charge in [0, 0.05) is 24.3 Å². The molecule has 21 heavy (non-hydrogen) atoms. The maximum absolute atomic E-state index is 13.7. The first-order valence-electron chi connectivity index (χ1n) is 6.30. The van der Waals surface area contributed by atoms with Gasteiger partial charge in [-0.1, -0.05) is 30.7 Å². The standard InChI is InChI=1S/C14H14ClFN2O2S/c1-2-18(10-11-5-3-6-12(15)9-11)21(19,20)14-13(16)7-4-8-17-14/h3-9H,2,10H2,1H3. The number of hydrogen-bond donors (Lipinski definition) is 0. The Kier molecular flexibility index (Phi) is 4.92. The van der Waals surface area contributed by atoms with Crippen molar-refractivity contribution < 1.29 is 12.8 Å². The second-order valence-corrected chi connectivity index (χ2v) is 6.64. The SMILES string of the molecule is CCN(Cc1cccc(Cl)c1)S(=O)(=O)c1ncccc1F. The fourth-order valence-corrected chi connectivity index (χ4v) is 3.51. The number of hydrogen-bond acceptors (Lipinski definition) is 3. The molecule has 2 aromatic rings. The van der Waals surface area contributed by atoms with Crippen LogP contribution in [-0.4, -0.2) is 24.3 Å². The van der Waals surface area contributed by atoms with Gasteiger partial charge < -0.3 is 0 Å². The van der Waals surface area contributed by atoms with Crippen molar-refractivity contribution in [3.63, 3.8) is 0 Å². The van der Waals surface area contributed by atoms with Crippen LogP contribution in [0.15, 0.2) is 47.6 Å². The summed E-state index contributed by atoms with van der Waals surface area (Å²) in [6, 6.07) is 9.30. The van der Waals surface area contributed by atoms with Crippen LogP contribution in [0.4, 0.5) is 4.39 Å². The van der Waals surface area contributed by atoms with E-state index in [-0.39, 0.29) is 13.1 Å². The van der Waals surface area contributed by atoms with Crippen molar-refractivity contribution in [3.05, 3.63) is 59.0 Å². The third kappa shape index (κ3) is 3.58. The lowest BCUT2D eigenvalue weighted by molar-refractivity contribution is 0.415. The Morgan fingerprint density at radius 1 is 1.29 bits per heavy atom. The molecule has 0 fully saturated rings. The minimum absolute atomic E-state index is 0.107. The molecule has 0 atom stereocenters. The summed E-state index contributed by atoms with van der Waals surface area (Å²) in [4.78, 5) is 3.65. The lowest BCUT2D eigenvalue weighted by atomic mass is 10.2. The Bertz CT molecular complexity index is 737. The molecular weight excluding hydrogens is 315 g/mol. The minimum Gasteiger partial charge on any atom is -0.241 e. The van der Waals surface area contributed by atoms with Gasteiger partial charge >= 0.3 is 0 Å². The number of sulfonamides is 1. The molecule has 0 amide bonds. The van der Waals surface area contributed by atoms with Crippen LogP contribution in [0.25, 0.3) is 0 Å². The second kappa shape index (κ2) is 6.51. The predicted molar refractivity (Wildman–Crippen MR) is 78.9 cm³/mol. The van der Waals surface area contributed by atoms with E-state index in [9.17, 15) is 12.8 Å². The van der Waals surface area contributed by atoms with Crippen molar-refractivity contribution in [1.82, 2.24) is 9.29 Å². The zero-order valence-electron chi connectivity index (χ0n) is 11.3. The molecule has 0 radical (unpaired) electrons. The summed E-state index contributed by atoms with van der Waals surface area (Å²) in [5.74, 6) is -0.859. The molecule has 0 aliphatic heterocycles. The third-order valence-electron chi connectivity index (χ3n) is 2.91. The van der Waals surface area contributed by atoms with Gasteiger partial charge in [-0.2, -0.15) is 4.31 Å². The molecule has 0 N–H and O–H groups in total. The number of benzene rings is 1. The normalized spacial score (nSPS) is 11.8. The quantitative estimate of drug-likeness (QED) is 0.847. The molecule has 0 aliphatic carbocycles. The van der Waals surface area contributed by atoms with Gasteiger partial charge in [-0.3, -0.25) is 0 Å². The number of pyridine rings is 1. The summed E-state index contributed by atoms with van der Waals surface area (Å²) in [5, 5.41) is -0.0427. The molecule has 0 saturated carbocycles. The van der Waals surface area contributed by atoms with Crippen molar-refractivity contribution in [1.29, 1.82) is 0 Å². The van der Waals surface area contributed by atoms with Crippen LogP contribution in [-0.2, 0) is 16.6 Å². The zero-order chi connectivity index (χ0) is 15.5. The van der Waals surface area contributed by atoms with Gasteiger partial charge in [0.2, 0.25) is 5.03 Å². The molecule has 1 aromatic carbocycles. The maximum atomic E-state index is 13.7. The topological polar surface area (TPSA) is 50.3 Å². The average molecular weight is 329 g/mol. The second-order valence-electron chi connectivity index (χ2n) is 4.35. The molecular formula is C14H14ClFN2O2S. The van der Waals surface area contributed by atoms with E-state index in [2.05, 4.69) is 4.98 Å². The van der Waals surface area contributed by atoms with Gasteiger partial charge in [-0.15, -0.1) is 0 Å². The molecule has 0 aliphatic rings. The summed E-state index contributed by atoms with van der Waals surface area (Å²) < 4.78 is 39.8. The minimum atomic E-state index is -3.99. The van der Waals surface area contributed by atoms with E-state index in [1.54, 1.807) is 31.2 Å². The van der Waals surface area contributed by atoms with Crippen molar-refractivity contribution in [2.24, 2.45) is 0 Å². The van der Waals surface area contributed by atoms with Crippen LogP contribution in [0.5, 0.6) is 0 Å². The summed E-state index contributed by atoms with van der Waals surface area (Å²) in [5.41, 5.74) is 0.726. The molecule has 0 spiro atoms. The molecule has 112 valence electrons. The molecule has 2 rings (SSSR count). The Labute approximate surface area is 128 Å². The lowest BCUT2D eigenvalue weighted by Crippen LogP contribution is -2.31. The Morgan fingerprint density at radius 3 is 2.67 bits per heavy atom. The number of aromatic nitrogens is 1. The Hall–Kier alpha value is -1.50. The maximum Gasteiger partial charge on any atom is 0.263 e. The number of halogens is 2. The largest absolute Gasteiger partial charge is 0.263 e. The van der Waals surface area contributed by atoms with E-state index < -0.39 is 20.9 Å². The van der Waals surface area contributed by atoms with Gasteiger partial charge in [0.05, 0.1) is 0 Å². The first-order chi connectivity index (χ1) is 9.95. The van der Waals surface area contributed by atoms with Crippen LogP contribution in [0.1, 0.15) is 12.5 Å². The fraction of sp³-hybridized carbons (Fsp3) is 0.214. The molecule has 0 bridgehead atoms. The fourth-order valence-electron chi connectivity index (χ4n) is 1.89. The van der Waals surface area contributed by atoms with Crippen molar-refractivity contribution in [2.75, 3.05) is 6.54 Å². The van der Waals surface area contributed by atoms with Crippen LogP contribution in [0.2, 0.25) is 5.02 Å². The highest BCUT2D eigenvalue weighted by molar-refractivity contribution is 7.89. The summed E-state index contributed by atoms with van der Waals surface area (Å²) in [7, 11) is -3.99. The summed E-state index contributed by atoms with van der Waals surface area (Å²) in [6.07, 6.45) is 1.25. The Balaban J connectivity index is 2.35. The molecule has 4 nitrogen and oxygen atoms in total. The van der Waals surface area contributed by atoms with E-state index in [1.165, 1.54) is 12.3 Å². The molecule has 7 heteroatoms. The van der Waals surface area contributed by atoms with Crippen LogP contribution in [0, 0.1) is 5.82 Å². The van der Waals surface area contributed by atoms with Gasteiger partial charge in [-0.25, -0.2) is 17.8 Å². The van der Waals surface area contributed by atoms with E-state index in [0.717, 1.165) is 15.9 Å². The van der Waals surface area contributed by atoms with E-state index >= 15 is 0 Å². The zero-order valence-corrected chi connectivity index (χ0v) is 12.9. The number of nitrogens with zero attached hydrogens (tertiary/aromatic N) is 2. The van der Waals surface area contributed by atoms with Crippen LogP contribution in [0.3, 0.4) is 0 Å². The lowest BCUT2D eigenvalue weighted by Gasteiger charge is -2.20. The molecule has 0 saturated heterocycles. The van der Waals surface area contributed by atoms with Gasteiger partial charge in [0.15, 0.2) is 5.82 Å². The first-order valence-corrected chi connectivity index (χ1v) is 8.12. The van der Waals surface area contributed by atoms with E-state index in [4.69, 9.17) is 11.6 Å². The molecule has 1 aromatic heterocycles. The molecule has 0 unspecified atom stereocenters. The van der Waals surface area contributed by atoms with Crippen LogP contribution < -0.4 is 0 Å². The summed E-state index contributed by atoms with van der Waals surface area (Å²) in [6.45, 7) is 1.99. The Morgan fingerprint density at radius 2 is 2.05 bits per heavy atom. The highest BCUT2D eigenvalue weighted by Crippen LogP contribution is 2.20. The van der Waals surface area contributed by atoms with Crippen molar-refractivity contribution in [2.45, 2.75) is 18.5 Å². The van der Waals surface area contributed by atoms with Crippen molar-refractivity contribution in [3.8, 4) is 0 Å². The van der Waals surface area contributed by atoms with Gasteiger partial charge in [0.1, 0.15) is 0 Å². The highest BCUT2D eigenvalue weighted by Gasteiger charge is 2.27. The highest BCUT2D eigenvalue weighted by atomic mass is 35.5. The third-order valence-corrected chi connectivity index (χ3v) is 5.00. The van der Waals surface area contributed by atoms with E-state index in [1.807, 2.05) is 0 Å². The predicted octanol–water partition coefficient (Wildman–Crippen LogP) is 3.08. The van der Waals surface area contributed by atoms with Crippen LogP contribution >= 0.6 is 11.6 Å². The van der Waals surface area contributed by atoms with Gasteiger partial charge in [-0.05, 0) is 29.8 Å². The monoisotopic (exact) mass is 328 g/mol. The van der Waals surface area contributed by atoms with Crippen molar-refractivity contribution >= 4 is 21.6 Å². The average Bonchev–Trinajstić information content (AvgIpc) is 2.45. The first kappa shape index (κ1) is 15.9. The van der Waals surface area contributed by atoms with Gasteiger partial charge in [0.25, 0.3) is 10.0 Å². The summed E-state index contributed by atoms with van der Waals surface area (Å²) >= 11 is 5.89. The smallest absolute Gasteiger partial charge is 0.241 e.